The predicted octanol–water partition coefficient (Wildman–Crippen LogP) is 5.13. The molecule has 2 aliphatic heterocycles. The number of benzene rings is 2. The molecule has 0 amide bonds. The fourth-order valence-corrected chi connectivity index (χ4v) is 3.77. The summed E-state index contributed by atoms with van der Waals surface area (Å²) in [4.78, 5) is 2.28. The number of ether oxygens (including phenoxy) is 1. The molecule has 2 aromatic carbocycles. The second-order valence-corrected chi connectivity index (χ2v) is 6.97. The van der Waals surface area contributed by atoms with Crippen molar-refractivity contribution in [3.8, 4) is 5.75 Å². The third kappa shape index (κ3) is 3.72. The van der Waals surface area contributed by atoms with Crippen molar-refractivity contribution in [2.24, 2.45) is 0 Å². The monoisotopic (exact) mass is 377 g/mol. The zero-order valence-electron chi connectivity index (χ0n) is 14.7. The normalized spacial score (nSPS) is 17.8. The van der Waals surface area contributed by atoms with Gasteiger partial charge in [-0.1, -0.05) is 12.1 Å². The van der Waals surface area contributed by atoms with Crippen LogP contribution in [-0.2, 0) is 6.18 Å². The summed E-state index contributed by atoms with van der Waals surface area (Å²) in [6.45, 7) is 2.90. The molecular formula is C21H19F4NO. The van der Waals surface area contributed by atoms with E-state index in [4.69, 9.17) is 4.74 Å². The molecule has 1 saturated heterocycles. The average molecular weight is 377 g/mol. The Hall–Kier alpha value is -2.34. The number of likely N-dealkylation sites (tertiary alicyclic amines) is 1. The van der Waals surface area contributed by atoms with Gasteiger partial charge in [0.25, 0.3) is 0 Å². The summed E-state index contributed by atoms with van der Waals surface area (Å²) in [5.41, 5.74) is 2.04. The van der Waals surface area contributed by atoms with E-state index in [2.05, 4.69) is 4.90 Å². The molecule has 0 spiro atoms. The maximum absolute atomic E-state index is 13.4. The van der Waals surface area contributed by atoms with Crippen molar-refractivity contribution >= 4 is 5.57 Å². The Bertz CT molecular complexity index is 865. The standard InChI is InChI=1S/C21H19F4NO/c22-17-6-3-14(4-7-17)20-15(12-26-9-1-2-10-26)13-27-19-8-5-16(11-18(19)20)21(23,24)25/h3-8,11H,1-2,9-10,12-13H2. The average Bonchev–Trinajstić information content (AvgIpc) is 3.14. The summed E-state index contributed by atoms with van der Waals surface area (Å²) < 4.78 is 58.9. The van der Waals surface area contributed by atoms with Crippen molar-refractivity contribution in [3.05, 3.63) is 70.5 Å². The lowest BCUT2D eigenvalue weighted by Gasteiger charge is -2.28. The van der Waals surface area contributed by atoms with Gasteiger partial charge in [0.15, 0.2) is 0 Å². The minimum absolute atomic E-state index is 0.321. The van der Waals surface area contributed by atoms with E-state index in [1.165, 1.54) is 18.2 Å². The molecule has 0 bridgehead atoms. The first kappa shape index (κ1) is 18.0. The molecule has 27 heavy (non-hydrogen) atoms. The van der Waals surface area contributed by atoms with Crippen LogP contribution in [-0.4, -0.2) is 31.1 Å². The molecule has 142 valence electrons. The van der Waals surface area contributed by atoms with Crippen LogP contribution in [0.3, 0.4) is 0 Å². The lowest BCUT2D eigenvalue weighted by molar-refractivity contribution is -0.137. The smallest absolute Gasteiger partial charge is 0.416 e. The van der Waals surface area contributed by atoms with Gasteiger partial charge in [0.05, 0.1) is 5.56 Å². The van der Waals surface area contributed by atoms with Gasteiger partial charge >= 0.3 is 6.18 Å². The quantitative estimate of drug-likeness (QED) is 0.687. The Balaban J connectivity index is 1.84. The number of halogens is 4. The molecule has 0 atom stereocenters. The first-order valence-electron chi connectivity index (χ1n) is 8.96. The highest BCUT2D eigenvalue weighted by molar-refractivity contribution is 5.86. The van der Waals surface area contributed by atoms with Gasteiger partial charge in [0, 0.05) is 12.1 Å². The van der Waals surface area contributed by atoms with Crippen LogP contribution in [0.4, 0.5) is 17.6 Å². The molecule has 2 aliphatic rings. The highest BCUT2D eigenvalue weighted by atomic mass is 19.4. The summed E-state index contributed by atoms with van der Waals surface area (Å²) in [5, 5.41) is 0. The zero-order chi connectivity index (χ0) is 19.0. The van der Waals surface area contributed by atoms with Crippen LogP contribution in [0.5, 0.6) is 5.75 Å². The van der Waals surface area contributed by atoms with Gasteiger partial charge in [-0.25, -0.2) is 4.39 Å². The van der Waals surface area contributed by atoms with E-state index in [0.29, 0.717) is 35.6 Å². The SMILES string of the molecule is Fc1ccc(C2=C(CN3CCCC3)COc3ccc(C(F)(F)F)cc32)cc1. The second kappa shape index (κ2) is 7.00. The van der Waals surface area contributed by atoms with Crippen molar-refractivity contribution < 1.29 is 22.3 Å². The fraction of sp³-hybridized carbons (Fsp3) is 0.333. The second-order valence-electron chi connectivity index (χ2n) is 6.97. The van der Waals surface area contributed by atoms with E-state index in [0.717, 1.165) is 43.6 Å². The van der Waals surface area contributed by atoms with E-state index in [1.54, 1.807) is 12.1 Å². The first-order chi connectivity index (χ1) is 12.9. The minimum Gasteiger partial charge on any atom is -0.489 e. The molecule has 6 heteroatoms. The molecule has 0 aliphatic carbocycles. The third-order valence-corrected chi connectivity index (χ3v) is 5.08. The van der Waals surface area contributed by atoms with E-state index in [-0.39, 0.29) is 5.82 Å². The van der Waals surface area contributed by atoms with Gasteiger partial charge in [0.1, 0.15) is 18.2 Å². The van der Waals surface area contributed by atoms with Gasteiger partial charge in [-0.3, -0.25) is 4.90 Å². The van der Waals surface area contributed by atoms with Gasteiger partial charge in [0.2, 0.25) is 0 Å². The number of fused-ring (bicyclic) bond motifs is 1. The van der Waals surface area contributed by atoms with Crippen LogP contribution >= 0.6 is 0 Å². The maximum Gasteiger partial charge on any atom is 0.416 e. The summed E-state index contributed by atoms with van der Waals surface area (Å²) >= 11 is 0. The summed E-state index contributed by atoms with van der Waals surface area (Å²) in [6.07, 6.45) is -2.20. The number of hydrogen-bond acceptors (Lipinski definition) is 2. The molecule has 2 aromatic rings. The molecule has 2 nitrogen and oxygen atoms in total. The molecule has 0 radical (unpaired) electrons. The van der Waals surface area contributed by atoms with Crippen LogP contribution in [0.2, 0.25) is 0 Å². The first-order valence-corrected chi connectivity index (χ1v) is 8.96. The molecule has 0 aromatic heterocycles. The molecule has 0 saturated carbocycles. The Kier molecular flexibility index (Phi) is 4.68. The Labute approximate surface area is 155 Å². The summed E-state index contributed by atoms with van der Waals surface area (Å²) in [6, 6.07) is 9.43. The largest absolute Gasteiger partial charge is 0.489 e. The van der Waals surface area contributed by atoms with Crippen LogP contribution in [0.25, 0.3) is 5.57 Å². The predicted molar refractivity (Wildman–Crippen MR) is 95.0 cm³/mol. The van der Waals surface area contributed by atoms with Crippen molar-refractivity contribution in [1.29, 1.82) is 0 Å². The molecule has 4 rings (SSSR count). The van der Waals surface area contributed by atoms with Crippen LogP contribution in [0.15, 0.2) is 48.0 Å². The van der Waals surface area contributed by atoms with Crippen molar-refractivity contribution in [2.45, 2.75) is 19.0 Å². The van der Waals surface area contributed by atoms with Crippen LogP contribution in [0, 0.1) is 5.82 Å². The highest BCUT2D eigenvalue weighted by Crippen LogP contribution is 2.41. The fourth-order valence-electron chi connectivity index (χ4n) is 3.77. The molecule has 1 fully saturated rings. The Morgan fingerprint density at radius 1 is 0.963 bits per heavy atom. The Morgan fingerprint density at radius 2 is 1.67 bits per heavy atom. The van der Waals surface area contributed by atoms with Crippen LogP contribution < -0.4 is 4.74 Å². The van der Waals surface area contributed by atoms with Crippen LogP contribution in [0.1, 0.15) is 29.5 Å². The van der Waals surface area contributed by atoms with Crippen molar-refractivity contribution in [1.82, 2.24) is 4.90 Å². The Morgan fingerprint density at radius 3 is 2.33 bits per heavy atom. The lowest BCUT2D eigenvalue weighted by Crippen LogP contribution is -2.27. The zero-order valence-corrected chi connectivity index (χ0v) is 14.7. The molecule has 2 heterocycles. The van der Waals surface area contributed by atoms with Crippen molar-refractivity contribution in [2.75, 3.05) is 26.2 Å². The summed E-state index contributed by atoms with van der Waals surface area (Å²) in [7, 11) is 0. The van der Waals surface area contributed by atoms with E-state index < -0.39 is 11.7 Å². The minimum atomic E-state index is -4.44. The highest BCUT2D eigenvalue weighted by Gasteiger charge is 2.33. The van der Waals surface area contributed by atoms with Gasteiger partial charge in [-0.05, 0) is 73.0 Å². The third-order valence-electron chi connectivity index (χ3n) is 5.08. The topological polar surface area (TPSA) is 12.5 Å². The number of alkyl halides is 3. The summed E-state index contributed by atoms with van der Waals surface area (Å²) in [5.74, 6) is 0.0456. The number of nitrogens with zero attached hydrogens (tertiary/aromatic N) is 1. The van der Waals surface area contributed by atoms with Gasteiger partial charge < -0.3 is 4.74 Å². The van der Waals surface area contributed by atoms with E-state index in [1.807, 2.05) is 0 Å². The van der Waals surface area contributed by atoms with E-state index >= 15 is 0 Å². The molecular weight excluding hydrogens is 358 g/mol. The number of hydrogen-bond donors (Lipinski definition) is 0. The number of rotatable bonds is 3. The van der Waals surface area contributed by atoms with E-state index in [9.17, 15) is 17.6 Å². The van der Waals surface area contributed by atoms with Gasteiger partial charge in [-0.15, -0.1) is 0 Å². The molecule has 0 unspecified atom stereocenters. The van der Waals surface area contributed by atoms with Gasteiger partial charge in [-0.2, -0.15) is 13.2 Å². The maximum atomic E-state index is 13.4. The lowest BCUT2D eigenvalue weighted by atomic mass is 9.89. The molecule has 0 N–H and O–H groups in total. The van der Waals surface area contributed by atoms with Crippen molar-refractivity contribution in [3.63, 3.8) is 0 Å².